The fourth-order valence-electron chi connectivity index (χ4n) is 2.65. The first-order valence-corrected chi connectivity index (χ1v) is 6.70. The normalized spacial score (nSPS) is 23.2. The lowest BCUT2D eigenvalue weighted by Gasteiger charge is -2.36. The number of carbonyl (C=O) groups excluding carboxylic acids is 2. The molecule has 1 rings (SSSR count). The number of methoxy groups -OCH3 is 1. The molecular formula is C15H23NO4. The summed E-state index contributed by atoms with van der Waals surface area (Å²) in [6, 6.07) is 0.00890. The van der Waals surface area contributed by atoms with Crippen LogP contribution in [0.15, 0.2) is 16.3 Å². The van der Waals surface area contributed by atoms with Crippen LogP contribution in [-0.4, -0.2) is 35.7 Å². The lowest BCUT2D eigenvalue weighted by atomic mass is 9.68. The molecule has 5 heteroatoms. The maximum absolute atomic E-state index is 12.2. The number of Topliss-reactive ketones (excluding diaryl/α,β-unsaturated/α-hetero) is 1. The highest BCUT2D eigenvalue weighted by Gasteiger charge is 2.47. The molecule has 0 aliphatic heterocycles. The molecule has 0 saturated heterocycles. The van der Waals surface area contributed by atoms with Gasteiger partial charge in [0.15, 0.2) is 5.78 Å². The zero-order valence-corrected chi connectivity index (χ0v) is 13.0. The molecule has 0 heterocycles. The minimum absolute atomic E-state index is 0.00890. The molecule has 0 amide bonds. The van der Waals surface area contributed by atoms with Crippen LogP contribution in [0, 0.1) is 11.3 Å². The molecule has 0 aromatic carbocycles. The number of ether oxygens (including phenoxy) is 1. The largest absolute Gasteiger partial charge is 0.511 e. The van der Waals surface area contributed by atoms with Gasteiger partial charge in [-0.25, -0.2) is 0 Å². The molecule has 1 aliphatic rings. The Kier molecular flexibility index (Phi) is 4.73. The summed E-state index contributed by atoms with van der Waals surface area (Å²) in [5, 5.41) is 10.4. The van der Waals surface area contributed by atoms with Crippen LogP contribution in [0.4, 0.5) is 0 Å². The van der Waals surface area contributed by atoms with E-state index in [0.717, 1.165) is 0 Å². The fourth-order valence-corrected chi connectivity index (χ4v) is 2.65. The van der Waals surface area contributed by atoms with E-state index in [0.29, 0.717) is 5.71 Å². The molecule has 0 spiro atoms. The van der Waals surface area contributed by atoms with E-state index >= 15 is 0 Å². The third kappa shape index (κ3) is 3.08. The van der Waals surface area contributed by atoms with Crippen molar-refractivity contribution in [2.45, 2.75) is 47.1 Å². The van der Waals surface area contributed by atoms with Crippen LogP contribution in [0.2, 0.25) is 0 Å². The Morgan fingerprint density at radius 2 is 2.00 bits per heavy atom. The number of rotatable bonds is 3. The number of aliphatic hydroxyl groups is 1. The maximum atomic E-state index is 12.2. The van der Waals surface area contributed by atoms with Crippen molar-refractivity contribution in [3.05, 3.63) is 11.3 Å². The molecule has 1 atom stereocenters. The van der Waals surface area contributed by atoms with Crippen molar-refractivity contribution in [1.82, 2.24) is 0 Å². The van der Waals surface area contributed by atoms with Gasteiger partial charge < -0.3 is 9.84 Å². The van der Waals surface area contributed by atoms with Gasteiger partial charge >= 0.3 is 5.97 Å². The van der Waals surface area contributed by atoms with E-state index in [1.165, 1.54) is 7.11 Å². The van der Waals surface area contributed by atoms with Crippen LogP contribution in [0.1, 0.15) is 41.0 Å². The van der Waals surface area contributed by atoms with Crippen LogP contribution < -0.4 is 0 Å². The van der Waals surface area contributed by atoms with Crippen molar-refractivity contribution >= 4 is 17.5 Å². The first-order chi connectivity index (χ1) is 9.11. The average Bonchev–Trinajstić information content (AvgIpc) is 2.25. The van der Waals surface area contributed by atoms with E-state index < -0.39 is 17.3 Å². The molecule has 5 nitrogen and oxygen atoms in total. The number of aliphatic imine (C=N–C) groups is 1. The Balaban J connectivity index is 3.41. The van der Waals surface area contributed by atoms with Crippen molar-refractivity contribution in [3.63, 3.8) is 0 Å². The monoisotopic (exact) mass is 281 g/mol. The maximum Gasteiger partial charge on any atom is 0.316 e. The lowest BCUT2D eigenvalue weighted by Crippen LogP contribution is -2.41. The van der Waals surface area contributed by atoms with Gasteiger partial charge in [0.2, 0.25) is 0 Å². The number of nitrogens with zero attached hydrogens (tertiary/aromatic N) is 1. The number of hydrogen-bond donors (Lipinski definition) is 1. The Bertz CT molecular complexity index is 486. The minimum Gasteiger partial charge on any atom is -0.511 e. The summed E-state index contributed by atoms with van der Waals surface area (Å²) in [7, 11) is 1.27. The molecule has 0 radical (unpaired) electrons. The molecular weight excluding hydrogens is 258 g/mol. The van der Waals surface area contributed by atoms with Gasteiger partial charge in [0.25, 0.3) is 0 Å². The highest BCUT2D eigenvalue weighted by Crippen LogP contribution is 2.42. The number of hydrogen-bond acceptors (Lipinski definition) is 5. The Hall–Kier alpha value is -1.65. The van der Waals surface area contributed by atoms with Gasteiger partial charge in [-0.05, 0) is 26.2 Å². The third-order valence-electron chi connectivity index (χ3n) is 3.46. The molecule has 20 heavy (non-hydrogen) atoms. The zero-order valence-electron chi connectivity index (χ0n) is 13.0. The van der Waals surface area contributed by atoms with Crippen LogP contribution in [-0.2, 0) is 14.3 Å². The van der Waals surface area contributed by atoms with E-state index in [2.05, 4.69) is 4.99 Å². The number of allylic oxidation sites excluding steroid dienone is 1. The summed E-state index contributed by atoms with van der Waals surface area (Å²) in [6.45, 7) is 8.99. The van der Waals surface area contributed by atoms with Gasteiger partial charge in [-0.3, -0.25) is 14.6 Å². The van der Waals surface area contributed by atoms with Crippen LogP contribution in [0.5, 0.6) is 0 Å². The predicted molar refractivity (Wildman–Crippen MR) is 76.8 cm³/mol. The van der Waals surface area contributed by atoms with Gasteiger partial charge in [0.05, 0.1) is 12.7 Å². The van der Waals surface area contributed by atoms with Gasteiger partial charge in [0, 0.05) is 18.2 Å². The molecule has 0 aromatic heterocycles. The van der Waals surface area contributed by atoms with Gasteiger partial charge in [-0.2, -0.15) is 0 Å². The number of carbonyl (C=O) groups is 2. The van der Waals surface area contributed by atoms with Gasteiger partial charge in [0.1, 0.15) is 11.7 Å². The number of esters is 1. The van der Waals surface area contributed by atoms with Gasteiger partial charge in [-0.1, -0.05) is 13.8 Å². The summed E-state index contributed by atoms with van der Waals surface area (Å²) in [4.78, 5) is 28.5. The zero-order chi connectivity index (χ0) is 15.7. The van der Waals surface area contributed by atoms with E-state index in [9.17, 15) is 14.7 Å². The molecule has 1 aliphatic carbocycles. The highest BCUT2D eigenvalue weighted by molar-refractivity contribution is 6.23. The van der Waals surface area contributed by atoms with Crippen LogP contribution in [0.25, 0.3) is 0 Å². The first-order valence-electron chi connectivity index (χ1n) is 6.70. The molecule has 1 N–H and O–H groups in total. The topological polar surface area (TPSA) is 76.0 Å². The second-order valence-corrected chi connectivity index (χ2v) is 6.11. The third-order valence-corrected chi connectivity index (χ3v) is 3.46. The second-order valence-electron chi connectivity index (χ2n) is 6.11. The van der Waals surface area contributed by atoms with Crippen molar-refractivity contribution in [2.24, 2.45) is 16.3 Å². The fraction of sp³-hybridized carbons (Fsp3) is 0.667. The molecule has 0 unspecified atom stereocenters. The smallest absolute Gasteiger partial charge is 0.316 e. The van der Waals surface area contributed by atoms with Crippen LogP contribution >= 0.6 is 0 Å². The molecule has 0 fully saturated rings. The second kappa shape index (κ2) is 5.77. The minimum atomic E-state index is -0.836. The summed E-state index contributed by atoms with van der Waals surface area (Å²) in [5.41, 5.74) is -0.0455. The van der Waals surface area contributed by atoms with E-state index in [4.69, 9.17) is 4.74 Å². The highest BCUT2D eigenvalue weighted by atomic mass is 16.5. The predicted octanol–water partition coefficient (Wildman–Crippen LogP) is 2.46. The first kappa shape index (κ1) is 16.4. The summed E-state index contributed by atoms with van der Waals surface area (Å²) in [5.74, 6) is -1.78. The summed E-state index contributed by atoms with van der Waals surface area (Å²) in [6.07, 6.45) is 0.178. The Morgan fingerprint density at radius 1 is 1.45 bits per heavy atom. The Morgan fingerprint density at radius 3 is 2.45 bits per heavy atom. The van der Waals surface area contributed by atoms with E-state index in [-0.39, 0.29) is 29.6 Å². The molecule has 112 valence electrons. The van der Waals surface area contributed by atoms with E-state index in [1.54, 1.807) is 20.8 Å². The van der Waals surface area contributed by atoms with Gasteiger partial charge in [-0.15, -0.1) is 0 Å². The molecule has 0 aromatic rings. The van der Waals surface area contributed by atoms with Crippen molar-refractivity contribution in [3.8, 4) is 0 Å². The van der Waals surface area contributed by atoms with Crippen molar-refractivity contribution in [1.29, 1.82) is 0 Å². The SMILES string of the molecule is COC(=O)[C@H]1C(O)=C(C(C)=NC(C)C)C(=O)CC1(C)C. The number of ketones is 1. The molecule has 0 saturated carbocycles. The van der Waals surface area contributed by atoms with Crippen LogP contribution in [0.3, 0.4) is 0 Å². The average molecular weight is 281 g/mol. The standard InChI is InChI=1S/C15H23NO4/c1-8(2)16-9(3)11-10(17)7-15(4,5)12(13(11)18)14(19)20-6/h8,12,18H,7H2,1-6H3/t12-/m1/s1. The summed E-state index contributed by atoms with van der Waals surface area (Å²) < 4.78 is 4.76. The van der Waals surface area contributed by atoms with E-state index in [1.807, 2.05) is 13.8 Å². The quantitative estimate of drug-likeness (QED) is 0.637. The number of aliphatic hydroxyl groups excluding tert-OH is 1. The molecule has 0 bridgehead atoms. The van der Waals surface area contributed by atoms with Crippen molar-refractivity contribution in [2.75, 3.05) is 7.11 Å². The summed E-state index contributed by atoms with van der Waals surface area (Å²) >= 11 is 0. The Labute approximate surface area is 119 Å². The van der Waals surface area contributed by atoms with Crippen molar-refractivity contribution < 1.29 is 19.4 Å². The lowest BCUT2D eigenvalue weighted by molar-refractivity contribution is -0.150.